The number of imide groups is 1. The number of hydrogen-bond acceptors (Lipinski definition) is 5. The van der Waals surface area contributed by atoms with Gasteiger partial charge in [0.25, 0.3) is 0 Å². The van der Waals surface area contributed by atoms with E-state index in [-0.39, 0.29) is 18.2 Å². The molecule has 0 bridgehead atoms. The molecular weight excluding hydrogens is 196 g/mol. The van der Waals surface area contributed by atoms with E-state index < -0.39 is 6.04 Å². The zero-order valence-electron chi connectivity index (χ0n) is 8.15. The molecule has 1 unspecified atom stereocenters. The van der Waals surface area contributed by atoms with Gasteiger partial charge in [0.1, 0.15) is 18.2 Å². The molecule has 1 atom stereocenters. The summed E-state index contributed by atoms with van der Waals surface area (Å²) >= 11 is 0. The van der Waals surface area contributed by atoms with Gasteiger partial charge >= 0.3 is 0 Å². The van der Waals surface area contributed by atoms with Gasteiger partial charge < -0.3 is 5.32 Å². The summed E-state index contributed by atoms with van der Waals surface area (Å²) in [6.45, 7) is 1.83. The molecule has 2 amide bonds. The fourth-order valence-electron chi connectivity index (χ4n) is 1.38. The first-order valence-electron chi connectivity index (χ1n) is 4.54. The first-order chi connectivity index (χ1) is 7.15. The minimum Gasteiger partial charge on any atom is -0.358 e. The molecule has 1 saturated heterocycles. The van der Waals surface area contributed by atoms with Gasteiger partial charge in [-0.1, -0.05) is 0 Å². The van der Waals surface area contributed by atoms with Gasteiger partial charge in [0.05, 0.1) is 6.42 Å². The highest BCUT2D eigenvalue weighted by Gasteiger charge is 2.30. The average Bonchev–Trinajstić information content (AvgIpc) is 2.45. The van der Waals surface area contributed by atoms with Crippen LogP contribution in [0.2, 0.25) is 0 Å². The highest BCUT2D eigenvalue weighted by Crippen LogP contribution is 2.10. The molecule has 78 valence electrons. The van der Waals surface area contributed by atoms with E-state index in [2.05, 4.69) is 20.6 Å². The van der Waals surface area contributed by atoms with E-state index in [1.165, 1.54) is 6.33 Å². The summed E-state index contributed by atoms with van der Waals surface area (Å²) < 4.78 is 0. The highest BCUT2D eigenvalue weighted by molar-refractivity contribution is 6.06. The van der Waals surface area contributed by atoms with E-state index in [1.807, 2.05) is 6.92 Å². The second-order valence-corrected chi connectivity index (χ2v) is 3.36. The lowest BCUT2D eigenvalue weighted by atomic mass is 10.2. The van der Waals surface area contributed by atoms with Crippen molar-refractivity contribution < 1.29 is 9.59 Å². The average molecular weight is 206 g/mol. The van der Waals surface area contributed by atoms with Crippen molar-refractivity contribution in [3.63, 3.8) is 0 Å². The Labute approximate surface area is 86.1 Å². The normalized spacial score (nSPS) is 20.2. The molecule has 0 radical (unpaired) electrons. The molecule has 15 heavy (non-hydrogen) atoms. The fraction of sp³-hybridized carbons (Fsp3) is 0.333. The van der Waals surface area contributed by atoms with Crippen molar-refractivity contribution in [2.24, 2.45) is 0 Å². The Bertz CT molecular complexity index is 418. The van der Waals surface area contributed by atoms with Gasteiger partial charge in [0, 0.05) is 11.8 Å². The number of nitrogens with one attached hydrogen (secondary N) is 2. The van der Waals surface area contributed by atoms with Gasteiger partial charge in [-0.2, -0.15) is 0 Å². The first kappa shape index (κ1) is 9.57. The Morgan fingerprint density at radius 1 is 1.47 bits per heavy atom. The van der Waals surface area contributed by atoms with Gasteiger partial charge in [-0.3, -0.25) is 14.9 Å². The lowest BCUT2D eigenvalue weighted by Gasteiger charge is -2.09. The predicted molar refractivity (Wildman–Crippen MR) is 51.9 cm³/mol. The molecule has 0 aromatic carbocycles. The number of anilines is 1. The summed E-state index contributed by atoms with van der Waals surface area (Å²) in [6, 6.07) is 1.20. The van der Waals surface area contributed by atoms with Crippen LogP contribution in [0.3, 0.4) is 0 Å². The number of hydrogen-bond donors (Lipinski definition) is 2. The summed E-state index contributed by atoms with van der Waals surface area (Å²) in [5.74, 6) is -0.0168. The minimum atomic E-state index is -0.521. The van der Waals surface area contributed by atoms with Crippen molar-refractivity contribution in [1.29, 1.82) is 0 Å². The van der Waals surface area contributed by atoms with Gasteiger partial charge in [-0.05, 0) is 6.92 Å². The molecule has 6 heteroatoms. The molecule has 6 nitrogen and oxygen atoms in total. The zero-order valence-corrected chi connectivity index (χ0v) is 8.15. The Kier molecular flexibility index (Phi) is 2.32. The molecule has 0 aliphatic carbocycles. The maximum absolute atomic E-state index is 11.2. The van der Waals surface area contributed by atoms with Crippen molar-refractivity contribution in [1.82, 2.24) is 15.3 Å². The molecule has 2 heterocycles. The lowest BCUT2D eigenvalue weighted by Crippen LogP contribution is -2.30. The topological polar surface area (TPSA) is 84.0 Å². The van der Waals surface area contributed by atoms with Gasteiger partial charge in [0.15, 0.2) is 0 Å². The second-order valence-electron chi connectivity index (χ2n) is 3.36. The number of rotatable bonds is 2. The van der Waals surface area contributed by atoms with Crippen molar-refractivity contribution in [2.45, 2.75) is 19.4 Å². The predicted octanol–water partition coefficient (Wildman–Crippen LogP) is -0.388. The number of nitrogens with zero attached hydrogens (tertiary/aromatic N) is 2. The van der Waals surface area contributed by atoms with Crippen LogP contribution in [0.25, 0.3) is 0 Å². The number of carbonyl (C=O) groups is 2. The number of aromatic nitrogens is 2. The molecule has 1 fully saturated rings. The Hall–Kier alpha value is -1.98. The number of carbonyl (C=O) groups excluding carboxylic acids is 2. The van der Waals surface area contributed by atoms with E-state index in [4.69, 9.17) is 0 Å². The van der Waals surface area contributed by atoms with Crippen LogP contribution in [0.5, 0.6) is 0 Å². The molecular formula is C9H10N4O2. The molecule has 1 aromatic heterocycles. The van der Waals surface area contributed by atoms with Gasteiger partial charge in [0.2, 0.25) is 11.8 Å². The van der Waals surface area contributed by atoms with Crippen molar-refractivity contribution in [3.8, 4) is 0 Å². The molecule has 0 spiro atoms. The van der Waals surface area contributed by atoms with E-state index >= 15 is 0 Å². The van der Waals surface area contributed by atoms with Crippen LogP contribution >= 0.6 is 0 Å². The van der Waals surface area contributed by atoms with Crippen LogP contribution < -0.4 is 10.6 Å². The highest BCUT2D eigenvalue weighted by atomic mass is 16.2. The van der Waals surface area contributed by atoms with Gasteiger partial charge in [-0.15, -0.1) is 0 Å². The Balaban J connectivity index is 2.09. The standard InChI is InChI=1S/C9H10N4O2/c1-5-2-7(11-4-10-5)12-6-3-8(14)13-9(6)15/h2,4,6H,3H2,1H3,(H,10,11,12)(H,13,14,15). The summed E-state index contributed by atoms with van der Waals surface area (Å²) in [6.07, 6.45) is 1.56. The van der Waals surface area contributed by atoms with Crippen LogP contribution in [-0.2, 0) is 9.59 Å². The monoisotopic (exact) mass is 206 g/mol. The van der Waals surface area contributed by atoms with E-state index in [0.29, 0.717) is 5.82 Å². The smallest absolute Gasteiger partial charge is 0.249 e. The van der Waals surface area contributed by atoms with Crippen LogP contribution in [0.1, 0.15) is 12.1 Å². The molecule has 1 aromatic rings. The summed E-state index contributed by atoms with van der Waals surface area (Å²) in [4.78, 5) is 30.0. The van der Waals surface area contributed by atoms with E-state index in [9.17, 15) is 9.59 Å². The van der Waals surface area contributed by atoms with Gasteiger partial charge in [-0.25, -0.2) is 9.97 Å². The number of amides is 2. The molecule has 2 N–H and O–H groups in total. The molecule has 2 rings (SSSR count). The zero-order chi connectivity index (χ0) is 10.8. The maximum atomic E-state index is 11.2. The minimum absolute atomic E-state index is 0.155. The summed E-state index contributed by atoms with van der Waals surface area (Å²) in [5.41, 5.74) is 0.803. The van der Waals surface area contributed by atoms with Crippen LogP contribution in [0, 0.1) is 6.92 Å². The van der Waals surface area contributed by atoms with Crippen molar-refractivity contribution in [2.75, 3.05) is 5.32 Å². The largest absolute Gasteiger partial charge is 0.358 e. The number of aryl methyl sites for hydroxylation is 1. The quantitative estimate of drug-likeness (QED) is 0.644. The Morgan fingerprint density at radius 3 is 2.87 bits per heavy atom. The first-order valence-corrected chi connectivity index (χ1v) is 4.54. The third kappa shape index (κ3) is 2.09. The second kappa shape index (κ2) is 3.64. The summed E-state index contributed by atoms with van der Waals surface area (Å²) in [7, 11) is 0. The van der Waals surface area contributed by atoms with Crippen LogP contribution in [0.15, 0.2) is 12.4 Å². The molecule has 1 aliphatic rings. The molecule has 1 aliphatic heterocycles. The van der Waals surface area contributed by atoms with Crippen LogP contribution in [0.4, 0.5) is 5.82 Å². The molecule has 0 saturated carbocycles. The lowest BCUT2D eigenvalue weighted by molar-refractivity contribution is -0.124. The SMILES string of the molecule is Cc1cc(NC2CC(=O)NC2=O)ncn1. The van der Waals surface area contributed by atoms with Crippen LogP contribution in [-0.4, -0.2) is 27.8 Å². The van der Waals surface area contributed by atoms with E-state index in [0.717, 1.165) is 5.69 Å². The third-order valence-corrected chi connectivity index (χ3v) is 2.09. The van der Waals surface area contributed by atoms with Crippen molar-refractivity contribution >= 4 is 17.6 Å². The van der Waals surface area contributed by atoms with E-state index in [1.54, 1.807) is 6.07 Å². The fourth-order valence-corrected chi connectivity index (χ4v) is 1.38. The van der Waals surface area contributed by atoms with Crippen molar-refractivity contribution in [3.05, 3.63) is 18.1 Å². The summed E-state index contributed by atoms with van der Waals surface area (Å²) in [5, 5.41) is 5.10. The maximum Gasteiger partial charge on any atom is 0.249 e. The third-order valence-electron chi connectivity index (χ3n) is 2.09. The Morgan fingerprint density at radius 2 is 2.27 bits per heavy atom.